The summed E-state index contributed by atoms with van der Waals surface area (Å²) in [5, 5.41) is 7.52. The van der Waals surface area contributed by atoms with Crippen molar-refractivity contribution in [3.63, 3.8) is 0 Å². The van der Waals surface area contributed by atoms with E-state index in [0.717, 1.165) is 18.2 Å². The number of halogens is 2. The molecule has 3 aromatic carbocycles. The van der Waals surface area contributed by atoms with Crippen LogP contribution in [0.4, 0.5) is 11.4 Å². The van der Waals surface area contributed by atoms with E-state index in [4.69, 9.17) is 23.2 Å². The first-order chi connectivity index (χ1) is 15.9. The molecule has 2 N–H and O–H groups in total. The number of rotatable bonds is 5. The van der Waals surface area contributed by atoms with E-state index in [1.54, 1.807) is 30.3 Å². The van der Waals surface area contributed by atoms with Gasteiger partial charge in [0, 0.05) is 5.56 Å². The molecule has 0 unspecified atom stereocenters. The van der Waals surface area contributed by atoms with Crippen molar-refractivity contribution < 1.29 is 25.9 Å². The number of azo groups is 1. The van der Waals surface area contributed by atoms with Crippen LogP contribution >= 0.6 is 23.2 Å². The Morgan fingerprint density at radius 3 is 2.00 bits per heavy atom. The highest BCUT2D eigenvalue weighted by atomic mass is 35.5. The van der Waals surface area contributed by atoms with Crippen LogP contribution in [-0.2, 0) is 20.2 Å². The van der Waals surface area contributed by atoms with Crippen LogP contribution < -0.4 is 0 Å². The molecule has 11 nitrogen and oxygen atoms in total. The van der Waals surface area contributed by atoms with Crippen molar-refractivity contribution in [2.45, 2.75) is 9.79 Å². The minimum atomic E-state index is -4.82. The highest BCUT2D eigenvalue weighted by Gasteiger charge is 2.22. The van der Waals surface area contributed by atoms with Gasteiger partial charge in [-0.25, -0.2) is 0 Å². The Hall–Kier alpha value is -3.07. The fourth-order valence-electron chi connectivity index (χ4n) is 3.02. The van der Waals surface area contributed by atoms with Gasteiger partial charge in [-0.15, -0.1) is 5.11 Å². The van der Waals surface area contributed by atoms with Crippen molar-refractivity contribution >= 4 is 65.6 Å². The summed E-state index contributed by atoms with van der Waals surface area (Å²) < 4.78 is 67.1. The van der Waals surface area contributed by atoms with Gasteiger partial charge in [-0.2, -0.15) is 36.9 Å². The lowest BCUT2D eigenvalue weighted by Gasteiger charge is -2.11. The molecule has 0 aliphatic heterocycles. The molecule has 0 spiro atoms. The zero-order valence-corrected chi connectivity index (χ0v) is 19.7. The lowest BCUT2D eigenvalue weighted by Crippen LogP contribution is -2.02. The number of aromatic nitrogens is 3. The first-order valence-electron chi connectivity index (χ1n) is 9.03. The molecule has 174 valence electrons. The Morgan fingerprint density at radius 1 is 0.765 bits per heavy atom. The second-order valence-corrected chi connectivity index (χ2v) is 10.2. The van der Waals surface area contributed by atoms with Crippen LogP contribution in [0, 0.1) is 0 Å². The van der Waals surface area contributed by atoms with Crippen molar-refractivity contribution in [2.24, 2.45) is 10.2 Å². The fraction of sp³-hybridized carbons (Fsp3) is 0. The molecule has 0 fully saturated rings. The van der Waals surface area contributed by atoms with Gasteiger partial charge in [0.1, 0.15) is 10.6 Å². The molecular weight excluding hydrogens is 529 g/mol. The first-order valence-corrected chi connectivity index (χ1v) is 12.7. The van der Waals surface area contributed by atoms with Gasteiger partial charge < -0.3 is 0 Å². The Labute approximate surface area is 202 Å². The van der Waals surface area contributed by atoms with Gasteiger partial charge >= 0.3 is 0 Å². The van der Waals surface area contributed by atoms with Gasteiger partial charge in [-0.1, -0.05) is 18.2 Å². The summed E-state index contributed by atoms with van der Waals surface area (Å²) in [5.74, 6) is -0.161. The molecular formula is C19H11Cl2N5O6S2. The molecule has 1 aromatic heterocycles. The molecule has 0 aliphatic carbocycles. The second kappa shape index (κ2) is 8.94. The van der Waals surface area contributed by atoms with Crippen LogP contribution in [0.15, 0.2) is 74.6 Å². The van der Waals surface area contributed by atoms with Gasteiger partial charge in [-0.05, 0) is 70.4 Å². The van der Waals surface area contributed by atoms with Gasteiger partial charge in [-0.3, -0.25) is 9.11 Å². The average Bonchev–Trinajstić information content (AvgIpc) is 2.75. The molecule has 4 aromatic rings. The Balaban J connectivity index is 2.08. The van der Waals surface area contributed by atoms with E-state index in [-0.39, 0.29) is 38.4 Å². The van der Waals surface area contributed by atoms with Crippen LogP contribution in [0.3, 0.4) is 0 Å². The SMILES string of the molecule is O=S(=O)(O)c1cc(-c2nc(Cl)nc(Cl)n2)c2cc(N=Nc3ccccc3)c(S(=O)(=O)O)cc2c1. The number of hydrogen-bond acceptors (Lipinski definition) is 9. The highest BCUT2D eigenvalue weighted by Crippen LogP contribution is 2.37. The molecule has 15 heteroatoms. The summed E-state index contributed by atoms with van der Waals surface area (Å²) in [6.45, 7) is 0. The van der Waals surface area contributed by atoms with E-state index in [9.17, 15) is 25.9 Å². The molecule has 0 radical (unpaired) electrons. The third-order valence-corrected chi connectivity index (χ3v) is 6.48. The van der Waals surface area contributed by atoms with E-state index < -0.39 is 30.0 Å². The predicted octanol–water partition coefficient (Wildman–Crippen LogP) is 4.91. The standard InChI is InChI=1S/C19H11Cl2N5O6S2/c20-18-22-17(23-19(21)24-18)14-8-12(33(27,28)29)6-10-7-16(34(30,31)32)15(9-13(10)14)26-25-11-4-2-1-3-5-11/h1-9H,(H,27,28,29)(H,30,31,32). The summed E-state index contributed by atoms with van der Waals surface area (Å²) in [5.41, 5.74) is 0.155. The number of hydrogen-bond donors (Lipinski definition) is 2. The van der Waals surface area contributed by atoms with E-state index >= 15 is 0 Å². The number of benzene rings is 3. The highest BCUT2D eigenvalue weighted by molar-refractivity contribution is 7.86. The third-order valence-electron chi connectivity index (χ3n) is 4.43. The first kappa shape index (κ1) is 24.1. The van der Waals surface area contributed by atoms with Gasteiger partial charge in [0.25, 0.3) is 20.2 Å². The second-order valence-electron chi connectivity index (χ2n) is 6.69. The summed E-state index contributed by atoms with van der Waals surface area (Å²) in [6.07, 6.45) is 0. The lowest BCUT2D eigenvalue weighted by molar-refractivity contribution is 0.481. The van der Waals surface area contributed by atoms with Gasteiger partial charge in [0.15, 0.2) is 5.82 Å². The quantitative estimate of drug-likeness (QED) is 0.263. The summed E-state index contributed by atoms with van der Waals surface area (Å²) in [4.78, 5) is 10.3. The molecule has 0 saturated heterocycles. The largest absolute Gasteiger partial charge is 0.296 e. The fourth-order valence-corrected chi connectivity index (χ4v) is 4.57. The van der Waals surface area contributed by atoms with Crippen LogP contribution in [0.1, 0.15) is 0 Å². The number of fused-ring (bicyclic) bond motifs is 1. The van der Waals surface area contributed by atoms with Gasteiger partial charge in [0.2, 0.25) is 10.6 Å². The molecule has 0 aliphatic rings. The van der Waals surface area contributed by atoms with E-state index in [1.807, 2.05) is 0 Å². The maximum absolute atomic E-state index is 12.1. The van der Waals surface area contributed by atoms with E-state index in [1.165, 1.54) is 6.07 Å². The van der Waals surface area contributed by atoms with Crippen LogP contribution in [0.5, 0.6) is 0 Å². The Bertz CT molecular complexity index is 1660. The Kier molecular flexibility index (Phi) is 6.33. The van der Waals surface area contributed by atoms with Crippen molar-refractivity contribution in [2.75, 3.05) is 0 Å². The molecule has 1 heterocycles. The van der Waals surface area contributed by atoms with Crippen LogP contribution in [0.2, 0.25) is 10.6 Å². The van der Waals surface area contributed by atoms with Crippen molar-refractivity contribution in [3.8, 4) is 11.4 Å². The molecule has 0 saturated carbocycles. The normalized spacial score (nSPS) is 12.5. The average molecular weight is 540 g/mol. The van der Waals surface area contributed by atoms with Crippen LogP contribution in [-0.4, -0.2) is 40.9 Å². The lowest BCUT2D eigenvalue weighted by atomic mass is 10.0. The van der Waals surface area contributed by atoms with Crippen molar-refractivity contribution in [1.82, 2.24) is 15.0 Å². The third kappa shape index (κ3) is 5.19. The minimum absolute atomic E-state index is 0.00868. The molecule has 34 heavy (non-hydrogen) atoms. The monoisotopic (exact) mass is 539 g/mol. The van der Waals surface area contributed by atoms with Crippen LogP contribution in [0.25, 0.3) is 22.2 Å². The summed E-state index contributed by atoms with van der Waals surface area (Å²) in [6, 6.07) is 12.7. The smallest absolute Gasteiger partial charge is 0.282 e. The van der Waals surface area contributed by atoms with E-state index in [0.29, 0.717) is 5.69 Å². The summed E-state index contributed by atoms with van der Waals surface area (Å²) in [7, 11) is -9.56. The molecule has 0 amide bonds. The summed E-state index contributed by atoms with van der Waals surface area (Å²) >= 11 is 11.7. The Morgan fingerprint density at radius 2 is 1.41 bits per heavy atom. The molecule has 0 bridgehead atoms. The maximum atomic E-state index is 12.1. The predicted molar refractivity (Wildman–Crippen MR) is 123 cm³/mol. The van der Waals surface area contributed by atoms with Crippen molar-refractivity contribution in [3.05, 3.63) is 65.2 Å². The zero-order valence-electron chi connectivity index (χ0n) is 16.5. The minimum Gasteiger partial charge on any atom is -0.282 e. The topological polar surface area (TPSA) is 172 Å². The maximum Gasteiger partial charge on any atom is 0.296 e. The zero-order chi connectivity index (χ0) is 24.7. The van der Waals surface area contributed by atoms with E-state index in [2.05, 4.69) is 25.2 Å². The molecule has 0 atom stereocenters. The van der Waals surface area contributed by atoms with Crippen molar-refractivity contribution in [1.29, 1.82) is 0 Å². The number of nitrogens with zero attached hydrogens (tertiary/aromatic N) is 5. The molecule has 4 rings (SSSR count). The van der Waals surface area contributed by atoms with Gasteiger partial charge in [0.05, 0.1) is 10.6 Å².